The highest BCUT2D eigenvalue weighted by Gasteiger charge is 2.03. The van der Waals surface area contributed by atoms with E-state index in [4.69, 9.17) is 5.26 Å². The fourth-order valence-electron chi connectivity index (χ4n) is 1.12. The summed E-state index contributed by atoms with van der Waals surface area (Å²) in [5, 5.41) is 11.0. The van der Waals surface area contributed by atoms with Crippen LogP contribution in [0, 0.1) is 11.3 Å². The monoisotopic (exact) mass is 200 g/mol. The first kappa shape index (κ1) is 11.0. The van der Waals surface area contributed by atoms with Crippen molar-refractivity contribution in [3.8, 4) is 6.07 Å². The van der Waals surface area contributed by atoms with Gasteiger partial charge in [0.1, 0.15) is 11.6 Å². The Bertz CT molecular complexity index is 390. The number of nitrogens with zero attached hydrogens (tertiary/aromatic N) is 1. The topological polar surface area (TPSA) is 52.9 Å². The molecule has 0 aliphatic rings. The van der Waals surface area contributed by atoms with Gasteiger partial charge in [-0.15, -0.1) is 0 Å². The zero-order valence-corrected chi connectivity index (χ0v) is 8.36. The van der Waals surface area contributed by atoms with Gasteiger partial charge in [0.2, 0.25) is 0 Å². The van der Waals surface area contributed by atoms with Gasteiger partial charge in [0, 0.05) is 6.54 Å². The first-order valence-electron chi connectivity index (χ1n) is 4.65. The number of amides is 1. The molecule has 0 atom stereocenters. The Morgan fingerprint density at radius 1 is 1.40 bits per heavy atom. The first-order chi connectivity index (χ1) is 7.24. The van der Waals surface area contributed by atoms with Gasteiger partial charge in [-0.3, -0.25) is 4.79 Å². The van der Waals surface area contributed by atoms with E-state index >= 15 is 0 Å². The van der Waals surface area contributed by atoms with Gasteiger partial charge in [0.25, 0.3) is 5.91 Å². The van der Waals surface area contributed by atoms with Crippen LogP contribution in [0.2, 0.25) is 0 Å². The van der Waals surface area contributed by atoms with E-state index in [1.807, 2.05) is 30.3 Å². The number of nitrogens with one attached hydrogen (secondary N) is 1. The molecule has 1 aromatic rings. The number of rotatable bonds is 4. The molecule has 76 valence electrons. The Balaban J connectivity index is 2.32. The summed E-state index contributed by atoms with van der Waals surface area (Å²) in [7, 11) is 0. The average Bonchev–Trinajstić information content (AvgIpc) is 2.29. The normalized spacial score (nSPS) is 9.00. The minimum Gasteiger partial charge on any atom is -0.351 e. The lowest BCUT2D eigenvalue weighted by Gasteiger charge is -2.03. The summed E-state index contributed by atoms with van der Waals surface area (Å²) in [6.45, 7) is 3.84. The second kappa shape index (κ2) is 5.61. The maximum atomic E-state index is 11.1. The van der Waals surface area contributed by atoms with Crippen molar-refractivity contribution in [1.82, 2.24) is 5.32 Å². The van der Waals surface area contributed by atoms with Gasteiger partial charge in [0.05, 0.1) is 0 Å². The molecule has 0 saturated carbocycles. The number of benzene rings is 1. The van der Waals surface area contributed by atoms with E-state index in [9.17, 15) is 4.79 Å². The molecular formula is C12H12N2O. The Morgan fingerprint density at radius 3 is 2.67 bits per heavy atom. The number of hydrogen-bond donors (Lipinski definition) is 1. The second-order valence-corrected chi connectivity index (χ2v) is 3.08. The molecule has 1 N–H and O–H groups in total. The van der Waals surface area contributed by atoms with E-state index in [2.05, 4.69) is 11.9 Å². The molecule has 0 aliphatic carbocycles. The molecule has 0 spiro atoms. The van der Waals surface area contributed by atoms with E-state index in [0.29, 0.717) is 6.54 Å². The minimum absolute atomic E-state index is 0.0527. The Morgan fingerprint density at radius 2 is 2.07 bits per heavy atom. The molecule has 0 radical (unpaired) electrons. The highest BCUT2D eigenvalue weighted by Crippen LogP contribution is 1.98. The number of nitriles is 1. The van der Waals surface area contributed by atoms with Crippen molar-refractivity contribution in [2.75, 3.05) is 6.54 Å². The van der Waals surface area contributed by atoms with Crippen molar-refractivity contribution in [1.29, 1.82) is 5.26 Å². The van der Waals surface area contributed by atoms with Crippen LogP contribution in [-0.4, -0.2) is 12.5 Å². The lowest BCUT2D eigenvalue weighted by molar-refractivity contribution is -0.117. The summed E-state index contributed by atoms with van der Waals surface area (Å²) in [6, 6.07) is 11.5. The highest BCUT2D eigenvalue weighted by atomic mass is 16.1. The predicted molar refractivity (Wildman–Crippen MR) is 57.9 cm³/mol. The Kier molecular flexibility index (Phi) is 4.11. The number of carbonyl (C=O) groups excluding carboxylic acids is 1. The molecule has 15 heavy (non-hydrogen) atoms. The number of carbonyl (C=O) groups is 1. The molecule has 3 heteroatoms. The van der Waals surface area contributed by atoms with Gasteiger partial charge in [-0.1, -0.05) is 36.9 Å². The molecule has 0 aromatic heterocycles. The third-order valence-corrected chi connectivity index (χ3v) is 1.95. The third kappa shape index (κ3) is 3.65. The SMILES string of the molecule is C=C(C#N)C(=O)NCCc1ccccc1. The molecule has 1 amide bonds. The fraction of sp³-hybridized carbons (Fsp3) is 0.167. The van der Waals surface area contributed by atoms with Gasteiger partial charge in [-0.2, -0.15) is 5.26 Å². The molecule has 1 aromatic carbocycles. The van der Waals surface area contributed by atoms with Crippen LogP contribution in [0.1, 0.15) is 5.56 Å². The fourth-order valence-corrected chi connectivity index (χ4v) is 1.12. The van der Waals surface area contributed by atoms with E-state index < -0.39 is 5.91 Å². The molecule has 0 aliphatic heterocycles. The summed E-state index contributed by atoms with van der Waals surface area (Å²) in [6.07, 6.45) is 0.755. The van der Waals surface area contributed by atoms with Crippen LogP contribution in [0.25, 0.3) is 0 Å². The average molecular weight is 200 g/mol. The smallest absolute Gasteiger partial charge is 0.261 e. The van der Waals surface area contributed by atoms with Crippen LogP contribution in [0.5, 0.6) is 0 Å². The van der Waals surface area contributed by atoms with Crippen LogP contribution in [0.15, 0.2) is 42.5 Å². The summed E-state index contributed by atoms with van der Waals surface area (Å²) < 4.78 is 0. The van der Waals surface area contributed by atoms with Gasteiger partial charge in [-0.25, -0.2) is 0 Å². The first-order valence-corrected chi connectivity index (χ1v) is 4.65. The molecular weight excluding hydrogens is 188 g/mol. The van der Waals surface area contributed by atoms with Crippen molar-refractivity contribution >= 4 is 5.91 Å². The van der Waals surface area contributed by atoms with Gasteiger partial charge in [0.15, 0.2) is 0 Å². The van der Waals surface area contributed by atoms with Gasteiger partial charge < -0.3 is 5.32 Å². The van der Waals surface area contributed by atoms with Crippen LogP contribution < -0.4 is 5.32 Å². The van der Waals surface area contributed by atoms with E-state index in [0.717, 1.165) is 12.0 Å². The predicted octanol–water partition coefficient (Wildman–Crippen LogP) is 1.43. The van der Waals surface area contributed by atoms with E-state index in [1.54, 1.807) is 6.07 Å². The molecule has 0 heterocycles. The van der Waals surface area contributed by atoms with Crippen LogP contribution in [0.4, 0.5) is 0 Å². The van der Waals surface area contributed by atoms with Gasteiger partial charge >= 0.3 is 0 Å². The summed E-state index contributed by atoms with van der Waals surface area (Å²) in [4.78, 5) is 11.1. The van der Waals surface area contributed by atoms with Crippen LogP contribution in [-0.2, 0) is 11.2 Å². The zero-order valence-electron chi connectivity index (χ0n) is 8.36. The summed E-state index contributed by atoms with van der Waals surface area (Å²) in [5.41, 5.74) is 1.10. The molecule has 3 nitrogen and oxygen atoms in total. The second-order valence-electron chi connectivity index (χ2n) is 3.08. The van der Waals surface area contributed by atoms with E-state index in [1.165, 1.54) is 0 Å². The van der Waals surface area contributed by atoms with Crippen molar-refractivity contribution in [2.45, 2.75) is 6.42 Å². The largest absolute Gasteiger partial charge is 0.351 e. The van der Waals surface area contributed by atoms with Gasteiger partial charge in [-0.05, 0) is 12.0 Å². The van der Waals surface area contributed by atoms with Crippen molar-refractivity contribution in [3.05, 3.63) is 48.0 Å². The molecule has 0 saturated heterocycles. The van der Waals surface area contributed by atoms with Crippen molar-refractivity contribution in [3.63, 3.8) is 0 Å². The number of hydrogen-bond acceptors (Lipinski definition) is 2. The lowest BCUT2D eigenvalue weighted by Crippen LogP contribution is -2.26. The van der Waals surface area contributed by atoms with Crippen molar-refractivity contribution < 1.29 is 4.79 Å². The Hall–Kier alpha value is -2.08. The molecule has 0 bridgehead atoms. The summed E-state index contributed by atoms with van der Waals surface area (Å²) >= 11 is 0. The third-order valence-electron chi connectivity index (χ3n) is 1.95. The molecule has 1 rings (SSSR count). The highest BCUT2D eigenvalue weighted by molar-refractivity contribution is 5.96. The van der Waals surface area contributed by atoms with Crippen LogP contribution in [0.3, 0.4) is 0 Å². The Labute approximate surface area is 89.0 Å². The summed E-state index contributed by atoms with van der Waals surface area (Å²) in [5.74, 6) is -0.395. The molecule has 0 fully saturated rings. The molecule has 0 unspecified atom stereocenters. The minimum atomic E-state index is -0.395. The maximum Gasteiger partial charge on any atom is 0.261 e. The van der Waals surface area contributed by atoms with E-state index in [-0.39, 0.29) is 5.57 Å². The lowest BCUT2D eigenvalue weighted by atomic mass is 10.1. The zero-order chi connectivity index (χ0) is 11.1. The van der Waals surface area contributed by atoms with Crippen molar-refractivity contribution in [2.24, 2.45) is 0 Å². The maximum absolute atomic E-state index is 11.1. The standard InChI is InChI=1S/C12H12N2O/c1-10(9-13)12(15)14-8-7-11-5-3-2-4-6-11/h2-6H,1,7-8H2,(H,14,15). The quantitative estimate of drug-likeness (QED) is 0.590. The van der Waals surface area contributed by atoms with Crippen LogP contribution >= 0.6 is 0 Å².